The molecule has 6 heteroatoms. The zero-order chi connectivity index (χ0) is 19.1. The van der Waals surface area contributed by atoms with Gasteiger partial charge in [0.1, 0.15) is 5.75 Å². The highest BCUT2D eigenvalue weighted by atomic mass is 16.6. The molecule has 0 spiro atoms. The molecule has 0 radical (unpaired) electrons. The molecule has 1 aromatic rings. The number of ether oxygens (including phenoxy) is 2. The van der Waals surface area contributed by atoms with E-state index < -0.39 is 12.1 Å². The van der Waals surface area contributed by atoms with Crippen LogP contribution in [0.3, 0.4) is 0 Å². The Morgan fingerprint density at radius 1 is 1.27 bits per heavy atom. The van der Waals surface area contributed by atoms with E-state index in [0.29, 0.717) is 29.4 Å². The number of carbonyl (C=O) groups is 3. The first-order valence-electron chi connectivity index (χ1n) is 9.09. The highest BCUT2D eigenvalue weighted by molar-refractivity contribution is 5.84. The lowest BCUT2D eigenvalue weighted by Crippen LogP contribution is -2.47. The highest BCUT2D eigenvalue weighted by Crippen LogP contribution is 2.29. The summed E-state index contributed by atoms with van der Waals surface area (Å²) < 4.78 is 10.5. The van der Waals surface area contributed by atoms with Crippen molar-refractivity contribution >= 4 is 18.2 Å². The molecular weight excluding hydrogens is 334 g/mol. The monoisotopic (exact) mass is 361 g/mol. The zero-order valence-corrected chi connectivity index (χ0v) is 15.6. The lowest BCUT2D eigenvalue weighted by Gasteiger charge is -2.35. The number of amides is 1. The minimum atomic E-state index is -0.892. The number of hydrogen-bond donors (Lipinski definition) is 1. The molecule has 1 aliphatic carbocycles. The van der Waals surface area contributed by atoms with Crippen LogP contribution in [0.15, 0.2) is 24.3 Å². The second kappa shape index (κ2) is 9.36. The van der Waals surface area contributed by atoms with Gasteiger partial charge in [0.25, 0.3) is 5.91 Å². The average Bonchev–Trinajstić information content (AvgIpc) is 2.63. The molecule has 1 aliphatic rings. The fourth-order valence-electron chi connectivity index (χ4n) is 3.22. The Balaban J connectivity index is 1.80. The number of carbonyl (C=O) groups excluding carboxylic acids is 3. The molecule has 2 rings (SSSR count). The summed E-state index contributed by atoms with van der Waals surface area (Å²) in [6, 6.07) is 6.71. The van der Waals surface area contributed by atoms with Crippen molar-refractivity contribution in [2.24, 2.45) is 11.8 Å². The first-order chi connectivity index (χ1) is 12.4. The second-order valence-corrected chi connectivity index (χ2v) is 6.96. The number of benzene rings is 1. The van der Waals surface area contributed by atoms with E-state index in [2.05, 4.69) is 19.2 Å². The molecule has 1 aromatic carbocycles. The maximum absolute atomic E-state index is 12.3. The van der Waals surface area contributed by atoms with Gasteiger partial charge < -0.3 is 14.8 Å². The fourth-order valence-corrected chi connectivity index (χ4v) is 3.22. The van der Waals surface area contributed by atoms with E-state index in [1.165, 1.54) is 6.42 Å². The third-order valence-electron chi connectivity index (χ3n) is 5.10. The molecule has 0 unspecified atom stereocenters. The fraction of sp³-hybridized carbons (Fsp3) is 0.550. The van der Waals surface area contributed by atoms with Crippen LogP contribution in [0.1, 0.15) is 50.4 Å². The molecule has 6 nitrogen and oxygen atoms in total. The van der Waals surface area contributed by atoms with Gasteiger partial charge in [0, 0.05) is 6.04 Å². The molecule has 0 bridgehead atoms. The summed E-state index contributed by atoms with van der Waals surface area (Å²) in [5.74, 6) is 0.328. The molecule has 0 aromatic heterocycles. The Labute approximate surface area is 154 Å². The van der Waals surface area contributed by atoms with Gasteiger partial charge in [0.2, 0.25) is 0 Å². The molecule has 1 N–H and O–H groups in total. The largest absolute Gasteiger partial charge is 0.481 e. The predicted octanol–water partition coefficient (Wildman–Crippen LogP) is 2.75. The summed E-state index contributed by atoms with van der Waals surface area (Å²) >= 11 is 0. The number of hydrogen-bond acceptors (Lipinski definition) is 5. The van der Waals surface area contributed by atoms with Gasteiger partial charge in [0.15, 0.2) is 19.0 Å². The van der Waals surface area contributed by atoms with E-state index >= 15 is 0 Å². The Bertz CT molecular complexity index is 645. The summed E-state index contributed by atoms with van der Waals surface area (Å²) in [7, 11) is 0. The smallest absolute Gasteiger partial charge is 0.344 e. The Hall–Kier alpha value is -2.37. The number of aldehydes is 1. The van der Waals surface area contributed by atoms with E-state index in [9.17, 15) is 14.4 Å². The first kappa shape index (κ1) is 19.9. The molecule has 4 atom stereocenters. The molecule has 142 valence electrons. The van der Waals surface area contributed by atoms with Crippen molar-refractivity contribution in [3.05, 3.63) is 29.8 Å². The quantitative estimate of drug-likeness (QED) is 0.596. The van der Waals surface area contributed by atoms with Crippen molar-refractivity contribution in [2.45, 2.75) is 52.2 Å². The van der Waals surface area contributed by atoms with Crippen LogP contribution in [0.4, 0.5) is 0 Å². The lowest BCUT2D eigenvalue weighted by atomic mass is 9.78. The van der Waals surface area contributed by atoms with Crippen LogP contribution in [0, 0.1) is 11.8 Å². The number of rotatable bonds is 7. The lowest BCUT2D eigenvalue weighted by molar-refractivity contribution is -0.157. The molecule has 26 heavy (non-hydrogen) atoms. The van der Waals surface area contributed by atoms with Crippen molar-refractivity contribution in [3.63, 3.8) is 0 Å². The van der Waals surface area contributed by atoms with Crippen LogP contribution in [0.25, 0.3) is 0 Å². The third kappa shape index (κ3) is 5.31. The van der Waals surface area contributed by atoms with E-state index in [1.807, 2.05) is 0 Å². The average molecular weight is 361 g/mol. The number of esters is 1. The molecule has 0 aliphatic heterocycles. The molecule has 1 amide bonds. The molecule has 0 saturated heterocycles. The summed E-state index contributed by atoms with van der Waals surface area (Å²) in [5.41, 5.74) is 0.353. The first-order valence-corrected chi connectivity index (χ1v) is 9.09. The van der Waals surface area contributed by atoms with Crippen molar-refractivity contribution in [1.29, 1.82) is 0 Å². The molecule has 0 heterocycles. The standard InChI is InChI=1S/C20H27NO5/c1-13-7-6-9-17(14(13)2)21-20(24)15(3)26-19(23)12-25-18-10-5-4-8-16(18)11-22/h4-5,8,10-11,13-15,17H,6-7,9,12H2,1-3H3,(H,21,24)/t13-,14+,15+,17+/m0/s1. The topological polar surface area (TPSA) is 81.7 Å². The molecule has 1 fully saturated rings. The summed E-state index contributed by atoms with van der Waals surface area (Å²) in [6.45, 7) is 5.52. The van der Waals surface area contributed by atoms with Gasteiger partial charge in [-0.15, -0.1) is 0 Å². The Morgan fingerprint density at radius 2 is 2.00 bits per heavy atom. The van der Waals surface area contributed by atoms with Gasteiger partial charge in [-0.3, -0.25) is 9.59 Å². The van der Waals surface area contributed by atoms with E-state index in [-0.39, 0.29) is 18.6 Å². The van der Waals surface area contributed by atoms with Crippen LogP contribution in [-0.2, 0) is 14.3 Å². The number of para-hydroxylation sites is 1. The summed E-state index contributed by atoms with van der Waals surface area (Å²) in [4.78, 5) is 35.2. The van der Waals surface area contributed by atoms with Gasteiger partial charge in [-0.1, -0.05) is 38.8 Å². The highest BCUT2D eigenvalue weighted by Gasteiger charge is 2.30. The van der Waals surface area contributed by atoms with Crippen LogP contribution in [-0.4, -0.2) is 36.9 Å². The predicted molar refractivity (Wildman–Crippen MR) is 97.0 cm³/mol. The van der Waals surface area contributed by atoms with Gasteiger partial charge in [0.05, 0.1) is 5.56 Å². The van der Waals surface area contributed by atoms with Crippen LogP contribution in [0.5, 0.6) is 5.75 Å². The van der Waals surface area contributed by atoms with E-state index in [1.54, 1.807) is 31.2 Å². The minimum absolute atomic E-state index is 0.114. The van der Waals surface area contributed by atoms with Gasteiger partial charge >= 0.3 is 5.97 Å². The van der Waals surface area contributed by atoms with Gasteiger partial charge in [-0.25, -0.2) is 4.79 Å². The van der Waals surface area contributed by atoms with Crippen LogP contribution < -0.4 is 10.1 Å². The minimum Gasteiger partial charge on any atom is -0.481 e. The van der Waals surface area contributed by atoms with E-state index in [0.717, 1.165) is 12.8 Å². The van der Waals surface area contributed by atoms with Crippen molar-refractivity contribution < 1.29 is 23.9 Å². The normalized spacial score (nSPS) is 23.6. The second-order valence-electron chi connectivity index (χ2n) is 6.96. The van der Waals surface area contributed by atoms with Gasteiger partial charge in [-0.2, -0.15) is 0 Å². The van der Waals surface area contributed by atoms with Crippen molar-refractivity contribution in [1.82, 2.24) is 5.32 Å². The zero-order valence-electron chi connectivity index (χ0n) is 15.6. The van der Waals surface area contributed by atoms with Crippen LogP contribution >= 0.6 is 0 Å². The Morgan fingerprint density at radius 3 is 2.73 bits per heavy atom. The summed E-state index contributed by atoms with van der Waals surface area (Å²) in [5, 5.41) is 2.99. The van der Waals surface area contributed by atoms with Crippen molar-refractivity contribution in [3.8, 4) is 5.75 Å². The third-order valence-corrected chi connectivity index (χ3v) is 5.10. The van der Waals surface area contributed by atoms with Crippen molar-refractivity contribution in [2.75, 3.05) is 6.61 Å². The van der Waals surface area contributed by atoms with Gasteiger partial charge in [-0.05, 0) is 37.3 Å². The van der Waals surface area contributed by atoms with Crippen LogP contribution in [0.2, 0.25) is 0 Å². The SMILES string of the molecule is C[C@@H]1[C@@H](C)CCC[C@H]1NC(=O)[C@@H](C)OC(=O)COc1ccccc1C=O. The maximum Gasteiger partial charge on any atom is 0.344 e. The number of nitrogens with one attached hydrogen (secondary N) is 1. The van der Waals surface area contributed by atoms with E-state index in [4.69, 9.17) is 9.47 Å². The Kier molecular flexibility index (Phi) is 7.18. The molecular formula is C20H27NO5. The summed E-state index contributed by atoms with van der Waals surface area (Å²) in [6.07, 6.45) is 2.98. The maximum atomic E-state index is 12.3. The molecule has 1 saturated carbocycles.